The predicted molar refractivity (Wildman–Crippen MR) is 332 cm³/mol. The molecule has 81 heavy (non-hydrogen) atoms. The molecule has 0 amide bonds. The van der Waals surface area contributed by atoms with E-state index in [4.69, 9.17) is 18.8 Å². The van der Waals surface area contributed by atoms with Crippen molar-refractivity contribution in [3.8, 4) is 67.7 Å². The van der Waals surface area contributed by atoms with Gasteiger partial charge in [0.1, 0.15) is 11.0 Å². The summed E-state index contributed by atoms with van der Waals surface area (Å²) < 4.78 is 17.0. The molecule has 0 aliphatic heterocycles. The minimum absolute atomic E-state index is 0.607. The lowest BCUT2D eigenvalue weighted by atomic mass is 9.98. The van der Waals surface area contributed by atoms with Crippen molar-refractivity contribution in [3.63, 3.8) is 0 Å². The molecule has 0 N–H and O–H groups in total. The number of benzene rings is 12. The number of nitrogens with zero attached hydrogens (tertiary/aromatic N) is 5. The molecule has 0 saturated carbocycles. The summed E-state index contributed by atoms with van der Waals surface area (Å²) in [4.78, 5) is 11.9. The zero-order chi connectivity index (χ0) is 53.4. The lowest BCUT2D eigenvalue weighted by molar-refractivity contribution is 0.619. The van der Waals surface area contributed by atoms with Crippen molar-refractivity contribution in [1.29, 1.82) is 0 Å². The first-order valence-corrected chi connectivity index (χ1v) is 27.3. The van der Waals surface area contributed by atoms with Gasteiger partial charge in [-0.3, -0.25) is 0 Å². The third kappa shape index (κ3) is 7.98. The normalized spacial score (nSPS) is 11.7. The highest BCUT2D eigenvalue weighted by atomic mass is 16.4. The van der Waals surface area contributed by atoms with E-state index in [2.05, 4.69) is 251 Å². The van der Waals surface area contributed by atoms with Crippen LogP contribution < -0.4 is 4.90 Å². The van der Waals surface area contributed by atoms with Crippen LogP contribution in [0.5, 0.6) is 0 Å². The zero-order valence-corrected chi connectivity index (χ0v) is 43.7. The molecule has 0 aliphatic rings. The van der Waals surface area contributed by atoms with Gasteiger partial charge in [-0.05, 0) is 167 Å². The Kier molecular flexibility index (Phi) is 10.7. The number of para-hydroxylation sites is 6. The summed E-state index contributed by atoms with van der Waals surface area (Å²) in [5.74, 6) is 1.21. The highest BCUT2D eigenvalue weighted by Gasteiger charge is 2.21. The monoisotopic (exact) mass is 1040 g/mol. The smallest absolute Gasteiger partial charge is 0.227 e. The van der Waals surface area contributed by atoms with Crippen molar-refractivity contribution >= 4 is 82.9 Å². The Morgan fingerprint density at radius 2 is 0.593 bits per heavy atom. The molecule has 0 bridgehead atoms. The van der Waals surface area contributed by atoms with Gasteiger partial charge >= 0.3 is 0 Å². The van der Waals surface area contributed by atoms with E-state index in [1.807, 2.05) is 48.5 Å². The molecule has 0 unspecified atom stereocenters. The average Bonchev–Trinajstić information content (AvgIpc) is 4.46. The van der Waals surface area contributed by atoms with Crippen LogP contribution in [0.2, 0.25) is 0 Å². The summed E-state index contributed by atoms with van der Waals surface area (Å²) in [6, 6.07) is 101. The van der Waals surface area contributed by atoms with Crippen molar-refractivity contribution < 1.29 is 8.83 Å². The summed E-state index contributed by atoms with van der Waals surface area (Å²) in [7, 11) is 0. The average molecular weight is 1040 g/mol. The molecule has 16 rings (SSSR count). The van der Waals surface area contributed by atoms with Gasteiger partial charge < -0.3 is 22.9 Å². The second-order valence-electron chi connectivity index (χ2n) is 20.6. The third-order valence-corrected chi connectivity index (χ3v) is 15.8. The van der Waals surface area contributed by atoms with Crippen LogP contribution in [0.25, 0.3) is 133 Å². The molecule has 0 radical (unpaired) electrons. The molecule has 4 aromatic heterocycles. The van der Waals surface area contributed by atoms with Crippen molar-refractivity contribution in [1.82, 2.24) is 19.1 Å². The van der Waals surface area contributed by atoms with Crippen LogP contribution in [0, 0.1) is 0 Å². The van der Waals surface area contributed by atoms with Crippen molar-refractivity contribution in [2.45, 2.75) is 0 Å². The molecule has 380 valence electrons. The molecule has 0 spiro atoms. The Bertz CT molecular complexity index is 4710. The maximum absolute atomic E-state index is 6.16. The summed E-state index contributed by atoms with van der Waals surface area (Å²) in [6.45, 7) is 0. The Morgan fingerprint density at radius 3 is 1.02 bits per heavy atom. The van der Waals surface area contributed by atoms with Crippen LogP contribution in [0.15, 0.2) is 294 Å². The number of fused-ring (bicyclic) bond motifs is 8. The number of oxazole rings is 2. The van der Waals surface area contributed by atoms with Crippen molar-refractivity contribution in [3.05, 3.63) is 285 Å². The Morgan fingerprint density at radius 1 is 0.259 bits per heavy atom. The second kappa shape index (κ2) is 18.9. The zero-order valence-electron chi connectivity index (χ0n) is 43.7. The molecule has 12 aromatic carbocycles. The van der Waals surface area contributed by atoms with E-state index in [1.165, 1.54) is 33.0 Å². The van der Waals surface area contributed by atoms with E-state index in [0.29, 0.717) is 11.8 Å². The number of hydrogen-bond acceptors (Lipinski definition) is 5. The Labute approximate surface area is 466 Å². The highest BCUT2D eigenvalue weighted by molar-refractivity contribution is 6.12. The third-order valence-electron chi connectivity index (χ3n) is 15.8. The Hall–Kier alpha value is -11.0. The fraction of sp³-hybridized carbons (Fsp3) is 0. The molecular formula is C74H47N5O2. The van der Waals surface area contributed by atoms with Gasteiger partial charge in [-0.25, -0.2) is 9.97 Å². The van der Waals surface area contributed by atoms with Gasteiger partial charge in [-0.15, -0.1) is 0 Å². The number of hydrogen-bond donors (Lipinski definition) is 0. The summed E-state index contributed by atoms with van der Waals surface area (Å²) >= 11 is 0. The second-order valence-corrected chi connectivity index (χ2v) is 20.6. The summed E-state index contributed by atoms with van der Waals surface area (Å²) in [6.07, 6.45) is 0. The fourth-order valence-corrected chi connectivity index (χ4v) is 11.8. The first kappa shape index (κ1) is 46.1. The van der Waals surface area contributed by atoms with Gasteiger partial charge in [0.05, 0.1) is 22.1 Å². The number of anilines is 3. The standard InChI is InChI=1S/C74H47N5O2/c1-2-12-48(13-3-1)49-22-24-50(25-23-49)51-26-28-52(29-27-51)53-30-36-56(37-31-53)77(59-42-44-69-63(46-59)61-14-4-8-18-67(61)78(69)57-38-32-54(33-39-57)73-75-65-16-6-10-20-71(65)80-73)60-43-45-70-64(47-60)62-15-5-9-19-68(62)79(70)58-40-34-55(35-41-58)74-76-66-17-7-11-21-72(66)81-74/h1-47H. The van der Waals surface area contributed by atoms with Crippen LogP contribution in [0.4, 0.5) is 17.1 Å². The number of rotatable bonds is 10. The quantitative estimate of drug-likeness (QED) is 0.137. The molecule has 0 saturated heterocycles. The summed E-state index contributed by atoms with van der Waals surface area (Å²) in [5.41, 5.74) is 21.9. The van der Waals surface area contributed by atoms with Gasteiger partial charge in [-0.1, -0.05) is 152 Å². The molecule has 4 heterocycles. The molecular weight excluding hydrogens is 991 g/mol. The van der Waals surface area contributed by atoms with Gasteiger partial charge in [0, 0.05) is 61.1 Å². The van der Waals surface area contributed by atoms with Crippen LogP contribution >= 0.6 is 0 Å². The molecule has 0 fully saturated rings. The van der Waals surface area contributed by atoms with Crippen LogP contribution in [-0.2, 0) is 0 Å². The lowest BCUT2D eigenvalue weighted by Gasteiger charge is -2.26. The molecule has 7 heteroatoms. The molecule has 0 atom stereocenters. The fourth-order valence-electron chi connectivity index (χ4n) is 11.8. The predicted octanol–water partition coefficient (Wildman–Crippen LogP) is 20.0. The van der Waals surface area contributed by atoms with Gasteiger partial charge in [0.15, 0.2) is 11.2 Å². The first-order chi connectivity index (χ1) is 40.1. The maximum atomic E-state index is 6.16. The molecule has 0 aliphatic carbocycles. The van der Waals surface area contributed by atoms with Gasteiger partial charge in [0.2, 0.25) is 11.8 Å². The van der Waals surface area contributed by atoms with Crippen molar-refractivity contribution in [2.24, 2.45) is 0 Å². The SMILES string of the molecule is c1ccc(-c2ccc(-c3ccc(-c4ccc(N(c5ccc6c(c5)c5ccccc5n6-c5ccc(-c6nc7ccccc7o6)cc5)c5ccc6c(c5)c5ccccc5n6-c5ccc(-c6nc7ccccc7o6)cc5)cc4)cc3)cc2)cc1. The minimum Gasteiger partial charge on any atom is -0.436 e. The molecule has 16 aromatic rings. The summed E-state index contributed by atoms with van der Waals surface area (Å²) in [5, 5.41) is 4.65. The lowest BCUT2D eigenvalue weighted by Crippen LogP contribution is -2.10. The van der Waals surface area contributed by atoms with E-state index < -0.39 is 0 Å². The highest BCUT2D eigenvalue weighted by Crippen LogP contribution is 2.44. The van der Waals surface area contributed by atoms with E-state index in [0.717, 1.165) is 106 Å². The van der Waals surface area contributed by atoms with Crippen LogP contribution in [0.1, 0.15) is 0 Å². The topological polar surface area (TPSA) is 65.2 Å². The largest absolute Gasteiger partial charge is 0.436 e. The van der Waals surface area contributed by atoms with E-state index in [-0.39, 0.29) is 0 Å². The van der Waals surface area contributed by atoms with E-state index >= 15 is 0 Å². The van der Waals surface area contributed by atoms with Crippen LogP contribution in [-0.4, -0.2) is 19.1 Å². The van der Waals surface area contributed by atoms with Gasteiger partial charge in [0.25, 0.3) is 0 Å². The van der Waals surface area contributed by atoms with Crippen LogP contribution in [0.3, 0.4) is 0 Å². The first-order valence-electron chi connectivity index (χ1n) is 27.3. The van der Waals surface area contributed by atoms with Crippen molar-refractivity contribution in [2.75, 3.05) is 4.90 Å². The van der Waals surface area contributed by atoms with E-state index in [9.17, 15) is 0 Å². The number of aromatic nitrogens is 4. The Balaban J connectivity index is 0.793. The van der Waals surface area contributed by atoms with Gasteiger partial charge in [-0.2, -0.15) is 0 Å². The maximum Gasteiger partial charge on any atom is 0.227 e. The minimum atomic E-state index is 0.607. The van der Waals surface area contributed by atoms with E-state index in [1.54, 1.807) is 0 Å². The molecule has 7 nitrogen and oxygen atoms in total.